The summed E-state index contributed by atoms with van der Waals surface area (Å²) in [5.41, 5.74) is 16.6. The van der Waals surface area contributed by atoms with Gasteiger partial charge in [0, 0.05) is 80.3 Å². The van der Waals surface area contributed by atoms with Gasteiger partial charge in [-0.15, -0.1) is 0 Å². The Labute approximate surface area is 215 Å². The molecule has 2 radical (unpaired) electrons. The van der Waals surface area contributed by atoms with E-state index in [1.165, 1.54) is 36.4 Å². The van der Waals surface area contributed by atoms with Gasteiger partial charge in [0.2, 0.25) is 0 Å². The average Bonchev–Trinajstić information content (AvgIpc) is 2.60. The fourth-order valence-corrected chi connectivity index (χ4v) is 3.58. The summed E-state index contributed by atoms with van der Waals surface area (Å²) in [7, 11) is -9.38. The molecule has 0 heterocycles. The van der Waals surface area contributed by atoms with Crippen LogP contribution in [0.2, 0.25) is 0 Å². The van der Waals surface area contributed by atoms with E-state index in [1.807, 2.05) is 0 Å². The molecule has 0 fully saturated rings. The molecule has 0 aliphatic heterocycles. The van der Waals surface area contributed by atoms with Gasteiger partial charge in [-0.25, -0.2) is 0 Å². The van der Waals surface area contributed by atoms with Crippen molar-refractivity contribution in [1.82, 2.24) is 0 Å². The van der Waals surface area contributed by atoms with Crippen molar-refractivity contribution in [2.24, 2.45) is 10.2 Å². The van der Waals surface area contributed by atoms with E-state index in [4.69, 9.17) is 11.1 Å². The molecular weight excluding hydrogens is 458 g/mol. The standard InChI is InChI=1S/C14H10N6O6S2.2Na/c15-19-17-11-5-3-9(13(7-11)27(21,22)23)1-2-10-4-6-12(18-20-16)8-14(10)28(24,25)26;;/h1-8H,(H,21,22,23)(H,24,25,26);;. The molecule has 0 aliphatic carbocycles. The molecule has 0 saturated heterocycles. The van der Waals surface area contributed by atoms with E-state index in [-0.39, 0.29) is 81.6 Å². The third kappa shape index (κ3) is 7.71. The van der Waals surface area contributed by atoms with Crippen molar-refractivity contribution in [3.63, 3.8) is 0 Å². The van der Waals surface area contributed by atoms with Crippen molar-refractivity contribution in [3.05, 3.63) is 68.4 Å². The van der Waals surface area contributed by atoms with Crippen LogP contribution in [0, 0.1) is 0 Å². The smallest absolute Gasteiger partial charge is 0.282 e. The van der Waals surface area contributed by atoms with Crippen molar-refractivity contribution < 1.29 is 25.9 Å². The zero-order valence-electron chi connectivity index (χ0n) is 15.6. The number of nitrogens with zero attached hydrogens (tertiary/aromatic N) is 6. The molecule has 12 nitrogen and oxygen atoms in total. The third-order valence-corrected chi connectivity index (χ3v) is 5.13. The van der Waals surface area contributed by atoms with Crippen LogP contribution in [0.5, 0.6) is 0 Å². The molecule has 146 valence electrons. The summed E-state index contributed by atoms with van der Waals surface area (Å²) in [6.45, 7) is 0. The Balaban J connectivity index is 0.00000420. The molecule has 16 heteroatoms. The van der Waals surface area contributed by atoms with E-state index in [0.29, 0.717) is 0 Å². The van der Waals surface area contributed by atoms with E-state index in [1.54, 1.807) is 0 Å². The summed E-state index contributed by atoms with van der Waals surface area (Å²) in [5, 5.41) is 6.49. The van der Waals surface area contributed by atoms with E-state index in [2.05, 4.69) is 20.1 Å². The fraction of sp³-hybridized carbons (Fsp3) is 0. The molecule has 0 saturated carbocycles. The van der Waals surface area contributed by atoms with Gasteiger partial charge in [0.15, 0.2) is 0 Å². The van der Waals surface area contributed by atoms with Crippen LogP contribution in [0.3, 0.4) is 0 Å². The fourth-order valence-electron chi connectivity index (χ4n) is 2.18. The molecule has 2 aromatic carbocycles. The molecule has 0 atom stereocenters. The second-order valence-electron chi connectivity index (χ2n) is 5.11. The molecular formula is C14H10N6Na2O6S2. The summed E-state index contributed by atoms with van der Waals surface area (Å²) in [5.74, 6) is 0. The number of rotatable bonds is 6. The first-order chi connectivity index (χ1) is 13.1. The second-order valence-corrected chi connectivity index (χ2v) is 7.89. The van der Waals surface area contributed by atoms with Crippen molar-refractivity contribution in [2.75, 3.05) is 0 Å². The molecule has 0 aromatic heterocycles. The van der Waals surface area contributed by atoms with Crippen LogP contribution in [0.25, 0.3) is 33.0 Å². The van der Waals surface area contributed by atoms with Gasteiger partial charge in [0.25, 0.3) is 20.2 Å². The van der Waals surface area contributed by atoms with E-state index < -0.39 is 30.0 Å². The van der Waals surface area contributed by atoms with Crippen molar-refractivity contribution in [1.29, 1.82) is 0 Å². The normalized spacial score (nSPS) is 10.9. The first-order valence-corrected chi connectivity index (χ1v) is 9.95. The van der Waals surface area contributed by atoms with Gasteiger partial charge in [-0.3, -0.25) is 9.11 Å². The first-order valence-electron chi connectivity index (χ1n) is 7.07. The summed E-state index contributed by atoms with van der Waals surface area (Å²) in [4.78, 5) is 3.88. The monoisotopic (exact) mass is 468 g/mol. The van der Waals surface area contributed by atoms with Crippen molar-refractivity contribution >= 4 is 103 Å². The second kappa shape index (κ2) is 11.9. The molecule has 2 N–H and O–H groups in total. The van der Waals surface area contributed by atoms with E-state index in [9.17, 15) is 25.9 Å². The van der Waals surface area contributed by atoms with Gasteiger partial charge < -0.3 is 0 Å². The van der Waals surface area contributed by atoms with Crippen molar-refractivity contribution in [2.45, 2.75) is 9.79 Å². The van der Waals surface area contributed by atoms with Crippen molar-refractivity contribution in [3.8, 4) is 0 Å². The Bertz CT molecular complexity index is 1180. The molecule has 0 aliphatic rings. The Kier molecular flexibility index (Phi) is 11.3. The molecule has 2 aromatic rings. The minimum Gasteiger partial charge on any atom is -0.282 e. The number of azide groups is 2. The third-order valence-electron chi connectivity index (χ3n) is 3.31. The van der Waals surface area contributed by atoms with E-state index >= 15 is 0 Å². The van der Waals surface area contributed by atoms with Gasteiger partial charge >= 0.3 is 0 Å². The number of hydrogen-bond donors (Lipinski definition) is 2. The molecule has 0 spiro atoms. The largest absolute Gasteiger partial charge is 0.295 e. The van der Waals surface area contributed by atoms with Crippen LogP contribution in [0.4, 0.5) is 11.4 Å². The zero-order valence-corrected chi connectivity index (χ0v) is 21.3. The summed E-state index contributed by atoms with van der Waals surface area (Å²) < 4.78 is 65.0. The van der Waals surface area contributed by atoms with Crippen LogP contribution in [-0.2, 0) is 20.2 Å². The van der Waals surface area contributed by atoms with Crippen LogP contribution in [0.15, 0.2) is 56.4 Å². The molecule has 0 amide bonds. The van der Waals surface area contributed by atoms with E-state index in [0.717, 1.165) is 12.1 Å². The molecule has 30 heavy (non-hydrogen) atoms. The van der Waals surface area contributed by atoms with Crippen LogP contribution in [0.1, 0.15) is 11.1 Å². The molecule has 2 rings (SSSR count). The van der Waals surface area contributed by atoms with Crippen LogP contribution >= 0.6 is 0 Å². The average molecular weight is 468 g/mol. The van der Waals surface area contributed by atoms with Crippen LogP contribution < -0.4 is 0 Å². The maximum Gasteiger partial charge on any atom is 0.295 e. The van der Waals surface area contributed by atoms with Gasteiger partial charge in [-0.05, 0) is 34.3 Å². The summed E-state index contributed by atoms with van der Waals surface area (Å²) in [6, 6.07) is 6.88. The molecule has 0 bridgehead atoms. The van der Waals surface area contributed by atoms with Gasteiger partial charge in [0.1, 0.15) is 9.79 Å². The Morgan fingerprint density at radius 3 is 1.33 bits per heavy atom. The van der Waals surface area contributed by atoms with Gasteiger partial charge in [0.05, 0.1) is 0 Å². The Morgan fingerprint density at radius 1 is 0.733 bits per heavy atom. The molecule has 0 unspecified atom stereocenters. The van der Waals surface area contributed by atoms with Gasteiger partial charge in [-0.2, -0.15) is 16.8 Å². The zero-order chi connectivity index (χ0) is 20.9. The number of hydrogen-bond acceptors (Lipinski definition) is 6. The summed E-state index contributed by atoms with van der Waals surface area (Å²) >= 11 is 0. The first kappa shape index (κ1) is 28.6. The Hall–Kier alpha value is -1.38. The minimum absolute atomic E-state index is 0. The van der Waals surface area contributed by atoms with Crippen LogP contribution in [-0.4, -0.2) is 85.1 Å². The predicted molar refractivity (Wildman–Crippen MR) is 111 cm³/mol. The topological polar surface area (TPSA) is 206 Å². The van der Waals surface area contributed by atoms with Gasteiger partial charge in [-0.1, -0.05) is 46.6 Å². The predicted octanol–water partition coefficient (Wildman–Crippen LogP) is 3.47. The Morgan fingerprint density at radius 2 is 1.07 bits per heavy atom. The maximum atomic E-state index is 11.6. The SMILES string of the molecule is [N-]=[N+]=Nc1ccc(C=Cc2ccc(N=[N+]=[N-])cc2S(=O)(=O)O)c(S(=O)(=O)O)c1.[Na].[Na]. The minimum atomic E-state index is -4.69. The maximum absolute atomic E-state index is 11.6. The quantitative estimate of drug-likeness (QED) is 0.162. The number of benzene rings is 2. The summed E-state index contributed by atoms with van der Waals surface area (Å²) in [6.07, 6.45) is 2.33.